The average Bonchev–Trinajstić information content (AvgIpc) is 2.79. The molecule has 1 atom stereocenters. The number of aromatic carboxylic acids is 1. The van der Waals surface area contributed by atoms with Crippen LogP contribution in [0.3, 0.4) is 0 Å². The third-order valence-corrected chi connectivity index (χ3v) is 2.94. The lowest BCUT2D eigenvalue weighted by atomic mass is 10.2. The summed E-state index contributed by atoms with van der Waals surface area (Å²) < 4.78 is 6.69. The van der Waals surface area contributed by atoms with Crippen LogP contribution in [0.5, 0.6) is 0 Å². The maximum Gasteiger partial charge on any atom is 0.337 e. The van der Waals surface area contributed by atoms with Gasteiger partial charge in [0.15, 0.2) is 0 Å². The smallest absolute Gasteiger partial charge is 0.337 e. The number of ether oxygens (including phenoxy) is 1. The number of hydrogen-bond donors (Lipinski definition) is 2. The summed E-state index contributed by atoms with van der Waals surface area (Å²) in [5.41, 5.74) is 1.41. The third-order valence-electron chi connectivity index (χ3n) is 2.94. The molecule has 0 amide bonds. The monoisotopic (exact) mass is 264 g/mol. The zero-order valence-electron chi connectivity index (χ0n) is 10.6. The van der Waals surface area contributed by atoms with Crippen molar-refractivity contribution in [2.45, 2.75) is 19.1 Å². The van der Waals surface area contributed by atoms with Crippen LogP contribution in [0.25, 0.3) is 11.0 Å². The van der Waals surface area contributed by atoms with E-state index in [0.717, 1.165) is 5.52 Å². The number of para-hydroxylation sites is 1. The van der Waals surface area contributed by atoms with Crippen molar-refractivity contribution in [2.75, 3.05) is 13.7 Å². The van der Waals surface area contributed by atoms with Gasteiger partial charge in [0, 0.05) is 13.7 Å². The quantitative estimate of drug-likeness (QED) is 0.817. The number of imidazole rings is 1. The summed E-state index contributed by atoms with van der Waals surface area (Å²) in [6, 6.07) is 5.04. The van der Waals surface area contributed by atoms with Crippen molar-refractivity contribution in [3.63, 3.8) is 0 Å². The van der Waals surface area contributed by atoms with E-state index in [1.807, 2.05) is 10.6 Å². The fourth-order valence-electron chi connectivity index (χ4n) is 2.00. The highest BCUT2D eigenvalue weighted by atomic mass is 16.5. The van der Waals surface area contributed by atoms with Crippen LogP contribution < -0.4 is 0 Å². The number of aliphatic hydroxyl groups is 1. The lowest BCUT2D eigenvalue weighted by Crippen LogP contribution is -2.16. The first-order valence-corrected chi connectivity index (χ1v) is 5.97. The van der Waals surface area contributed by atoms with Crippen molar-refractivity contribution in [1.29, 1.82) is 0 Å². The van der Waals surface area contributed by atoms with Crippen molar-refractivity contribution in [3.05, 3.63) is 30.1 Å². The number of aryl methyl sites for hydroxylation is 1. The molecule has 2 N–H and O–H groups in total. The number of hydrogen-bond acceptors (Lipinski definition) is 4. The van der Waals surface area contributed by atoms with Crippen LogP contribution in [0.4, 0.5) is 0 Å². The lowest BCUT2D eigenvalue weighted by Gasteiger charge is -2.10. The van der Waals surface area contributed by atoms with Gasteiger partial charge in [-0.25, -0.2) is 9.78 Å². The van der Waals surface area contributed by atoms with E-state index >= 15 is 0 Å². The van der Waals surface area contributed by atoms with Gasteiger partial charge in [-0.1, -0.05) is 6.07 Å². The highest BCUT2D eigenvalue weighted by Crippen LogP contribution is 2.18. The van der Waals surface area contributed by atoms with Crippen molar-refractivity contribution >= 4 is 17.0 Å². The van der Waals surface area contributed by atoms with Gasteiger partial charge >= 0.3 is 5.97 Å². The Kier molecular flexibility index (Phi) is 4.13. The van der Waals surface area contributed by atoms with Gasteiger partial charge in [0.25, 0.3) is 0 Å². The Morgan fingerprint density at radius 2 is 2.32 bits per heavy atom. The number of methoxy groups -OCH3 is 1. The highest BCUT2D eigenvalue weighted by Gasteiger charge is 2.13. The molecule has 0 fully saturated rings. The van der Waals surface area contributed by atoms with Gasteiger partial charge < -0.3 is 19.5 Å². The molecule has 102 valence electrons. The van der Waals surface area contributed by atoms with E-state index < -0.39 is 12.1 Å². The summed E-state index contributed by atoms with van der Waals surface area (Å²) in [6.07, 6.45) is 1.58. The van der Waals surface area contributed by atoms with E-state index in [2.05, 4.69) is 4.98 Å². The normalized spacial score (nSPS) is 12.7. The maximum atomic E-state index is 11.1. The molecule has 2 aromatic rings. The molecule has 0 aliphatic heterocycles. The molecular formula is C13H16N2O4. The molecule has 0 radical (unpaired) electrons. The molecule has 1 unspecified atom stereocenters. The van der Waals surface area contributed by atoms with Gasteiger partial charge in [-0.05, 0) is 18.6 Å². The molecule has 1 aromatic heterocycles. The maximum absolute atomic E-state index is 11.1. The summed E-state index contributed by atoms with van der Waals surface area (Å²) in [5.74, 6) is -0.990. The Morgan fingerprint density at radius 3 is 3.00 bits per heavy atom. The van der Waals surface area contributed by atoms with Crippen LogP contribution in [-0.2, 0) is 11.3 Å². The zero-order chi connectivity index (χ0) is 13.8. The molecule has 0 bridgehead atoms. The Labute approximate surface area is 110 Å². The summed E-state index contributed by atoms with van der Waals surface area (Å²) in [5, 5.41) is 18.7. The number of aromatic nitrogens is 2. The topological polar surface area (TPSA) is 84.6 Å². The molecular weight excluding hydrogens is 248 g/mol. The van der Waals surface area contributed by atoms with Gasteiger partial charge in [-0.15, -0.1) is 0 Å². The van der Waals surface area contributed by atoms with Gasteiger partial charge in [0.2, 0.25) is 0 Å². The van der Waals surface area contributed by atoms with Gasteiger partial charge in [0.1, 0.15) is 5.52 Å². The molecule has 0 aliphatic carbocycles. The van der Waals surface area contributed by atoms with Gasteiger partial charge in [0.05, 0.1) is 30.1 Å². The second-order valence-corrected chi connectivity index (χ2v) is 4.31. The van der Waals surface area contributed by atoms with Crippen molar-refractivity contribution in [1.82, 2.24) is 9.55 Å². The number of carboxylic acids is 1. The van der Waals surface area contributed by atoms with Crippen LogP contribution in [0.2, 0.25) is 0 Å². The number of fused-ring (bicyclic) bond motifs is 1. The second-order valence-electron chi connectivity index (χ2n) is 4.31. The number of aliphatic hydroxyl groups excluding tert-OH is 1. The Morgan fingerprint density at radius 1 is 1.53 bits per heavy atom. The first-order chi connectivity index (χ1) is 9.13. The molecule has 1 aromatic carbocycles. The van der Waals surface area contributed by atoms with E-state index in [1.165, 1.54) is 13.2 Å². The van der Waals surface area contributed by atoms with Crippen LogP contribution in [-0.4, -0.2) is 45.6 Å². The predicted molar refractivity (Wildman–Crippen MR) is 69.2 cm³/mol. The molecule has 0 saturated heterocycles. The summed E-state index contributed by atoms with van der Waals surface area (Å²) in [7, 11) is 1.54. The predicted octanol–water partition coefficient (Wildman–Crippen LogP) is 1.13. The number of nitrogens with zero attached hydrogens (tertiary/aromatic N) is 2. The first-order valence-electron chi connectivity index (χ1n) is 5.97. The van der Waals surface area contributed by atoms with Crippen molar-refractivity contribution in [2.24, 2.45) is 0 Å². The van der Waals surface area contributed by atoms with Crippen LogP contribution in [0, 0.1) is 0 Å². The van der Waals surface area contributed by atoms with E-state index in [4.69, 9.17) is 9.84 Å². The Hall–Kier alpha value is -1.92. The molecule has 6 nitrogen and oxygen atoms in total. The largest absolute Gasteiger partial charge is 0.478 e. The first kappa shape index (κ1) is 13.5. The van der Waals surface area contributed by atoms with E-state index in [0.29, 0.717) is 18.5 Å². The van der Waals surface area contributed by atoms with Crippen molar-refractivity contribution < 1.29 is 19.7 Å². The average molecular weight is 264 g/mol. The molecule has 19 heavy (non-hydrogen) atoms. The minimum absolute atomic E-state index is 0.189. The minimum atomic E-state index is -0.990. The van der Waals surface area contributed by atoms with E-state index in [-0.39, 0.29) is 12.2 Å². The number of carboxylic acid groups (broad SMARTS) is 1. The standard InChI is InChI=1S/C13H16N2O4/c1-19-7-9(16)5-6-15-8-14-12-10(13(17)18)3-2-4-11(12)15/h2-4,8-9,16H,5-7H2,1H3,(H,17,18). The molecule has 0 saturated carbocycles. The molecule has 0 spiro atoms. The summed E-state index contributed by atoms with van der Waals surface area (Å²) >= 11 is 0. The molecule has 2 rings (SSSR count). The van der Waals surface area contributed by atoms with Crippen LogP contribution >= 0.6 is 0 Å². The summed E-state index contributed by atoms with van der Waals surface area (Å²) in [6.45, 7) is 0.844. The number of benzene rings is 1. The summed E-state index contributed by atoms with van der Waals surface area (Å²) in [4.78, 5) is 15.2. The fourth-order valence-corrected chi connectivity index (χ4v) is 2.00. The zero-order valence-corrected chi connectivity index (χ0v) is 10.6. The third kappa shape index (κ3) is 2.91. The molecule has 0 aliphatic rings. The van der Waals surface area contributed by atoms with Crippen LogP contribution in [0.1, 0.15) is 16.8 Å². The number of rotatable bonds is 6. The van der Waals surface area contributed by atoms with E-state index in [1.54, 1.807) is 12.4 Å². The van der Waals surface area contributed by atoms with Gasteiger partial charge in [-0.3, -0.25) is 0 Å². The van der Waals surface area contributed by atoms with E-state index in [9.17, 15) is 9.90 Å². The Bertz CT molecular complexity index is 579. The van der Waals surface area contributed by atoms with Crippen molar-refractivity contribution in [3.8, 4) is 0 Å². The molecule has 1 heterocycles. The van der Waals surface area contributed by atoms with Gasteiger partial charge in [-0.2, -0.15) is 0 Å². The van der Waals surface area contributed by atoms with Crippen LogP contribution in [0.15, 0.2) is 24.5 Å². The Balaban J connectivity index is 2.21. The SMILES string of the molecule is COCC(O)CCn1cnc2c(C(=O)O)cccc21. The minimum Gasteiger partial charge on any atom is -0.478 e. The highest BCUT2D eigenvalue weighted by molar-refractivity contribution is 6.00. The molecule has 6 heteroatoms. The second kappa shape index (κ2) is 5.81. The lowest BCUT2D eigenvalue weighted by molar-refractivity contribution is 0.0567. The number of carbonyl (C=O) groups is 1. The fraction of sp³-hybridized carbons (Fsp3) is 0.385.